The normalized spacial score (nSPS) is 17.2. The first-order chi connectivity index (χ1) is 10.3. The highest BCUT2D eigenvalue weighted by molar-refractivity contribution is 7.99. The molecule has 1 aliphatic heterocycles. The van der Waals surface area contributed by atoms with Gasteiger partial charge in [-0.1, -0.05) is 30.0 Å². The fourth-order valence-electron chi connectivity index (χ4n) is 2.06. The first-order valence-corrected chi connectivity index (χ1v) is 7.29. The highest BCUT2D eigenvalue weighted by Crippen LogP contribution is 2.33. The van der Waals surface area contributed by atoms with Gasteiger partial charge in [0.1, 0.15) is 18.1 Å². The van der Waals surface area contributed by atoms with E-state index < -0.39 is 0 Å². The van der Waals surface area contributed by atoms with Gasteiger partial charge in [0.2, 0.25) is 0 Å². The van der Waals surface area contributed by atoms with Crippen molar-refractivity contribution in [2.75, 3.05) is 0 Å². The number of carbonyl (C=O) groups is 1. The van der Waals surface area contributed by atoms with Crippen LogP contribution in [0.4, 0.5) is 4.39 Å². The van der Waals surface area contributed by atoms with E-state index >= 15 is 0 Å². The molecule has 1 unspecified atom stereocenters. The van der Waals surface area contributed by atoms with Gasteiger partial charge in [0.15, 0.2) is 0 Å². The summed E-state index contributed by atoms with van der Waals surface area (Å²) < 4.78 is 13.0. The molecule has 21 heavy (non-hydrogen) atoms. The van der Waals surface area contributed by atoms with Crippen molar-refractivity contribution in [3.63, 3.8) is 0 Å². The number of hydrogen-bond donors (Lipinski definition) is 2. The van der Waals surface area contributed by atoms with Crippen molar-refractivity contribution in [2.24, 2.45) is 0 Å². The second kappa shape index (κ2) is 6.11. The molecule has 0 amide bonds. The zero-order valence-corrected chi connectivity index (χ0v) is 11.9. The van der Waals surface area contributed by atoms with Gasteiger partial charge in [-0.2, -0.15) is 0 Å². The smallest absolute Gasteiger partial charge is 0.142 e. The predicted octanol–water partition coefficient (Wildman–Crippen LogP) is 2.99. The van der Waals surface area contributed by atoms with Crippen molar-refractivity contribution in [1.82, 2.24) is 10.9 Å². The number of carbonyl (C=O) groups excluding carboxylic acids is 1. The van der Waals surface area contributed by atoms with Crippen LogP contribution in [0.3, 0.4) is 0 Å². The molecule has 0 saturated heterocycles. The molecule has 1 heterocycles. The van der Waals surface area contributed by atoms with Crippen LogP contribution in [0.15, 0.2) is 64.4 Å². The molecule has 0 spiro atoms. The summed E-state index contributed by atoms with van der Waals surface area (Å²) in [4.78, 5) is 12.8. The summed E-state index contributed by atoms with van der Waals surface area (Å²) in [5.41, 5.74) is 7.78. The zero-order chi connectivity index (χ0) is 14.7. The number of halogens is 1. The van der Waals surface area contributed by atoms with E-state index in [2.05, 4.69) is 10.9 Å². The van der Waals surface area contributed by atoms with E-state index in [1.807, 2.05) is 30.3 Å². The standard InChI is InChI=1S/C16H13FN2OS/c17-11-5-7-13(8-6-11)21-16-4-2-1-3-14(16)15-9-12(10-20)18-19-15/h1-10,12,18-19H. The second-order valence-corrected chi connectivity index (χ2v) is 5.68. The molecular formula is C16H13FN2OS. The maximum Gasteiger partial charge on any atom is 0.142 e. The van der Waals surface area contributed by atoms with Gasteiger partial charge in [-0.05, 0) is 36.4 Å². The quantitative estimate of drug-likeness (QED) is 0.852. The number of aldehydes is 1. The van der Waals surface area contributed by atoms with Crippen LogP contribution in [-0.2, 0) is 4.79 Å². The van der Waals surface area contributed by atoms with E-state index in [1.54, 1.807) is 23.9 Å². The molecule has 106 valence electrons. The lowest BCUT2D eigenvalue weighted by atomic mass is 10.1. The van der Waals surface area contributed by atoms with Gasteiger partial charge in [-0.25, -0.2) is 9.82 Å². The Hall–Kier alpha value is -2.11. The summed E-state index contributed by atoms with van der Waals surface area (Å²) in [6, 6.07) is 14.0. The Morgan fingerprint density at radius 3 is 2.57 bits per heavy atom. The lowest BCUT2D eigenvalue weighted by molar-refractivity contribution is -0.108. The monoisotopic (exact) mass is 300 g/mol. The topological polar surface area (TPSA) is 41.1 Å². The van der Waals surface area contributed by atoms with E-state index in [4.69, 9.17) is 0 Å². The van der Waals surface area contributed by atoms with Gasteiger partial charge in [0.25, 0.3) is 0 Å². The maximum absolute atomic E-state index is 13.0. The molecule has 2 aromatic rings. The summed E-state index contributed by atoms with van der Waals surface area (Å²) in [5.74, 6) is -0.245. The molecule has 0 aliphatic carbocycles. The molecule has 5 heteroatoms. The Morgan fingerprint density at radius 2 is 1.86 bits per heavy atom. The number of rotatable bonds is 4. The Bertz CT molecular complexity index is 685. The minimum atomic E-state index is -0.316. The van der Waals surface area contributed by atoms with E-state index in [0.717, 1.165) is 27.3 Å². The van der Waals surface area contributed by atoms with Crippen LogP contribution in [0.2, 0.25) is 0 Å². The zero-order valence-electron chi connectivity index (χ0n) is 11.0. The van der Waals surface area contributed by atoms with E-state index in [1.165, 1.54) is 12.1 Å². The van der Waals surface area contributed by atoms with Gasteiger partial charge in [-0.15, -0.1) is 0 Å². The molecule has 1 aliphatic rings. The second-order valence-electron chi connectivity index (χ2n) is 4.56. The number of hydrogen-bond acceptors (Lipinski definition) is 4. The molecule has 3 nitrogen and oxygen atoms in total. The lowest BCUT2D eigenvalue weighted by Gasteiger charge is -2.10. The first kappa shape index (κ1) is 13.9. The van der Waals surface area contributed by atoms with Crippen LogP contribution in [0.25, 0.3) is 5.70 Å². The highest BCUT2D eigenvalue weighted by Gasteiger charge is 2.17. The van der Waals surface area contributed by atoms with Crippen LogP contribution >= 0.6 is 11.8 Å². The molecule has 2 N–H and O–H groups in total. The summed E-state index contributed by atoms with van der Waals surface area (Å²) in [6.45, 7) is 0. The number of nitrogens with one attached hydrogen (secondary N) is 2. The van der Waals surface area contributed by atoms with Crippen LogP contribution in [0.5, 0.6) is 0 Å². The van der Waals surface area contributed by atoms with Crippen LogP contribution in [0, 0.1) is 5.82 Å². The van der Waals surface area contributed by atoms with Gasteiger partial charge >= 0.3 is 0 Å². The fourth-order valence-corrected chi connectivity index (χ4v) is 3.02. The third-order valence-electron chi connectivity index (χ3n) is 3.09. The molecular weight excluding hydrogens is 287 g/mol. The summed E-state index contributed by atoms with van der Waals surface area (Å²) in [5, 5.41) is 0. The highest BCUT2D eigenvalue weighted by atomic mass is 32.2. The molecule has 2 aromatic carbocycles. The Kier molecular flexibility index (Phi) is 4.03. The fraction of sp³-hybridized carbons (Fsp3) is 0.0625. The predicted molar refractivity (Wildman–Crippen MR) is 81.1 cm³/mol. The molecule has 0 aromatic heterocycles. The molecule has 3 rings (SSSR count). The lowest BCUT2D eigenvalue weighted by Crippen LogP contribution is -2.32. The minimum Gasteiger partial charge on any atom is -0.320 e. The third kappa shape index (κ3) is 3.15. The molecule has 0 radical (unpaired) electrons. The van der Waals surface area contributed by atoms with Crippen molar-refractivity contribution < 1.29 is 9.18 Å². The van der Waals surface area contributed by atoms with E-state index in [0.29, 0.717) is 0 Å². The summed E-state index contributed by atoms with van der Waals surface area (Å²) >= 11 is 1.55. The van der Waals surface area contributed by atoms with Crippen molar-refractivity contribution in [2.45, 2.75) is 15.8 Å². The summed E-state index contributed by atoms with van der Waals surface area (Å²) in [7, 11) is 0. The molecule has 0 bridgehead atoms. The van der Waals surface area contributed by atoms with E-state index in [9.17, 15) is 9.18 Å². The average molecular weight is 300 g/mol. The van der Waals surface area contributed by atoms with Crippen molar-refractivity contribution >= 4 is 23.7 Å². The summed E-state index contributed by atoms with van der Waals surface area (Å²) in [6.07, 6.45) is 2.69. The van der Waals surface area contributed by atoms with Gasteiger partial charge < -0.3 is 10.2 Å². The molecule has 0 saturated carbocycles. The third-order valence-corrected chi connectivity index (χ3v) is 4.17. The van der Waals surface area contributed by atoms with Crippen molar-refractivity contribution in [3.8, 4) is 0 Å². The average Bonchev–Trinajstić information content (AvgIpc) is 2.99. The number of hydrazine groups is 1. The Labute approximate surface area is 126 Å². The van der Waals surface area contributed by atoms with Crippen LogP contribution in [0.1, 0.15) is 5.56 Å². The largest absolute Gasteiger partial charge is 0.320 e. The van der Waals surface area contributed by atoms with Gasteiger partial charge in [0.05, 0.1) is 5.70 Å². The van der Waals surface area contributed by atoms with Gasteiger partial charge in [-0.3, -0.25) is 0 Å². The molecule has 1 atom stereocenters. The van der Waals surface area contributed by atoms with E-state index in [-0.39, 0.29) is 11.9 Å². The van der Waals surface area contributed by atoms with Gasteiger partial charge in [0, 0.05) is 15.4 Å². The van der Waals surface area contributed by atoms with Crippen molar-refractivity contribution in [1.29, 1.82) is 0 Å². The SMILES string of the molecule is O=CC1C=C(c2ccccc2Sc2ccc(F)cc2)NN1. The molecule has 0 fully saturated rings. The minimum absolute atomic E-state index is 0.245. The Balaban J connectivity index is 1.89. The van der Waals surface area contributed by atoms with Crippen molar-refractivity contribution in [3.05, 3.63) is 66.0 Å². The van der Waals surface area contributed by atoms with Crippen LogP contribution in [-0.4, -0.2) is 12.3 Å². The van der Waals surface area contributed by atoms with Crippen LogP contribution < -0.4 is 10.9 Å². The Morgan fingerprint density at radius 1 is 1.10 bits per heavy atom. The first-order valence-electron chi connectivity index (χ1n) is 6.48. The maximum atomic E-state index is 13.0. The number of benzene rings is 2.